The quantitative estimate of drug-likeness (QED) is 0.667. The van der Waals surface area contributed by atoms with Gasteiger partial charge in [0.05, 0.1) is 11.9 Å². The molecule has 0 bridgehead atoms. The molecule has 0 aliphatic carbocycles. The fourth-order valence-corrected chi connectivity index (χ4v) is 1.67. The van der Waals surface area contributed by atoms with Crippen LogP contribution in [0.25, 0.3) is 0 Å². The van der Waals surface area contributed by atoms with Crippen molar-refractivity contribution in [3.05, 3.63) is 22.0 Å². The minimum atomic E-state index is 0.686. The van der Waals surface area contributed by atoms with Crippen LogP contribution >= 0.6 is 22.6 Å². The van der Waals surface area contributed by atoms with Crippen LogP contribution in [-0.2, 0) is 0 Å². The standard InChI is InChI=1S/C10H16IN3/c1-2-6-14(7-5-12)9-3-4-10(11)13-8-9/h3-4,8H,2,5-7,12H2,1H3. The summed E-state index contributed by atoms with van der Waals surface area (Å²) >= 11 is 2.21. The van der Waals surface area contributed by atoms with Crippen molar-refractivity contribution >= 4 is 28.3 Å². The summed E-state index contributed by atoms with van der Waals surface area (Å²) in [7, 11) is 0. The van der Waals surface area contributed by atoms with Gasteiger partial charge >= 0.3 is 0 Å². The number of halogens is 1. The van der Waals surface area contributed by atoms with Gasteiger partial charge in [0.25, 0.3) is 0 Å². The van der Waals surface area contributed by atoms with E-state index in [2.05, 4.69) is 45.5 Å². The van der Waals surface area contributed by atoms with Gasteiger partial charge in [-0.3, -0.25) is 0 Å². The average molecular weight is 305 g/mol. The molecular formula is C10H16IN3. The molecule has 2 N–H and O–H groups in total. The van der Waals surface area contributed by atoms with Gasteiger partial charge in [-0.2, -0.15) is 0 Å². The Bertz CT molecular complexity index is 255. The minimum absolute atomic E-state index is 0.686. The second-order valence-electron chi connectivity index (χ2n) is 3.11. The molecular weight excluding hydrogens is 289 g/mol. The van der Waals surface area contributed by atoms with Crippen molar-refractivity contribution in [3.8, 4) is 0 Å². The van der Waals surface area contributed by atoms with Crippen molar-refractivity contribution in [2.75, 3.05) is 24.5 Å². The highest BCUT2D eigenvalue weighted by atomic mass is 127. The molecule has 4 heteroatoms. The predicted octanol–water partition coefficient (Wildman–Crippen LogP) is 1.86. The fraction of sp³-hybridized carbons (Fsp3) is 0.500. The molecule has 0 aliphatic rings. The number of nitrogens with two attached hydrogens (primary N) is 1. The largest absolute Gasteiger partial charge is 0.369 e. The third kappa shape index (κ3) is 3.42. The highest BCUT2D eigenvalue weighted by Gasteiger charge is 2.03. The SMILES string of the molecule is CCCN(CCN)c1ccc(I)nc1. The van der Waals surface area contributed by atoms with Crippen molar-refractivity contribution in [3.63, 3.8) is 0 Å². The molecule has 14 heavy (non-hydrogen) atoms. The van der Waals surface area contributed by atoms with Gasteiger partial charge in [0, 0.05) is 19.6 Å². The summed E-state index contributed by atoms with van der Waals surface area (Å²) in [6, 6.07) is 4.12. The van der Waals surface area contributed by atoms with Crippen molar-refractivity contribution in [2.24, 2.45) is 5.73 Å². The number of rotatable bonds is 5. The third-order valence-electron chi connectivity index (χ3n) is 1.97. The van der Waals surface area contributed by atoms with Gasteiger partial charge in [-0.1, -0.05) is 6.92 Å². The van der Waals surface area contributed by atoms with E-state index in [4.69, 9.17) is 5.73 Å². The van der Waals surface area contributed by atoms with Gasteiger partial charge in [0.2, 0.25) is 0 Å². The molecule has 1 aromatic heterocycles. The summed E-state index contributed by atoms with van der Waals surface area (Å²) < 4.78 is 1.02. The van der Waals surface area contributed by atoms with E-state index in [9.17, 15) is 0 Å². The van der Waals surface area contributed by atoms with E-state index < -0.39 is 0 Å². The van der Waals surface area contributed by atoms with Crippen LogP contribution in [-0.4, -0.2) is 24.6 Å². The lowest BCUT2D eigenvalue weighted by atomic mass is 10.3. The van der Waals surface area contributed by atoms with Crippen LogP contribution in [0.3, 0.4) is 0 Å². The summed E-state index contributed by atoms with van der Waals surface area (Å²) in [5, 5.41) is 0. The summed E-state index contributed by atoms with van der Waals surface area (Å²) in [4.78, 5) is 6.54. The van der Waals surface area contributed by atoms with E-state index in [1.54, 1.807) is 0 Å². The number of hydrogen-bond donors (Lipinski definition) is 1. The molecule has 0 saturated heterocycles. The molecule has 0 fully saturated rings. The number of anilines is 1. The average Bonchev–Trinajstić information content (AvgIpc) is 2.19. The Kier molecular flexibility index (Phi) is 5.17. The normalized spacial score (nSPS) is 10.2. The van der Waals surface area contributed by atoms with Crippen LogP contribution in [0.5, 0.6) is 0 Å². The van der Waals surface area contributed by atoms with E-state index in [1.165, 1.54) is 0 Å². The van der Waals surface area contributed by atoms with Crippen molar-refractivity contribution < 1.29 is 0 Å². The second-order valence-corrected chi connectivity index (χ2v) is 4.22. The maximum atomic E-state index is 5.56. The molecule has 1 heterocycles. The number of hydrogen-bond acceptors (Lipinski definition) is 3. The zero-order valence-corrected chi connectivity index (χ0v) is 10.6. The summed E-state index contributed by atoms with van der Waals surface area (Å²) in [6.45, 7) is 4.80. The van der Waals surface area contributed by atoms with Crippen LogP contribution in [0.4, 0.5) is 5.69 Å². The molecule has 0 amide bonds. The molecule has 1 rings (SSSR count). The summed E-state index contributed by atoms with van der Waals surface area (Å²) in [5.41, 5.74) is 6.73. The van der Waals surface area contributed by atoms with Gasteiger partial charge in [0.15, 0.2) is 0 Å². The Labute approximate surface area is 98.8 Å². The van der Waals surface area contributed by atoms with Crippen molar-refractivity contribution in [1.82, 2.24) is 4.98 Å². The van der Waals surface area contributed by atoms with Crippen LogP contribution in [0.2, 0.25) is 0 Å². The molecule has 0 spiro atoms. The van der Waals surface area contributed by atoms with E-state index in [1.807, 2.05) is 12.3 Å². The van der Waals surface area contributed by atoms with Gasteiger partial charge in [-0.15, -0.1) is 0 Å². The monoisotopic (exact) mass is 305 g/mol. The second kappa shape index (κ2) is 6.19. The Morgan fingerprint density at radius 1 is 1.43 bits per heavy atom. The highest BCUT2D eigenvalue weighted by Crippen LogP contribution is 2.13. The Morgan fingerprint density at radius 2 is 2.21 bits per heavy atom. The van der Waals surface area contributed by atoms with Gasteiger partial charge < -0.3 is 10.6 Å². The maximum absolute atomic E-state index is 5.56. The molecule has 0 aliphatic heterocycles. The molecule has 0 saturated carbocycles. The highest BCUT2D eigenvalue weighted by molar-refractivity contribution is 14.1. The Balaban J connectivity index is 2.71. The van der Waals surface area contributed by atoms with Crippen LogP contribution in [0.1, 0.15) is 13.3 Å². The van der Waals surface area contributed by atoms with Gasteiger partial charge in [-0.25, -0.2) is 4.98 Å². The lowest BCUT2D eigenvalue weighted by molar-refractivity contribution is 0.760. The first-order valence-electron chi connectivity index (χ1n) is 4.84. The first kappa shape index (κ1) is 11.7. The molecule has 3 nitrogen and oxygen atoms in total. The Hall–Kier alpha value is -0.360. The van der Waals surface area contributed by atoms with E-state index in [0.717, 1.165) is 28.9 Å². The minimum Gasteiger partial charge on any atom is -0.369 e. The maximum Gasteiger partial charge on any atom is 0.101 e. The van der Waals surface area contributed by atoms with Crippen LogP contribution in [0.15, 0.2) is 18.3 Å². The number of nitrogens with zero attached hydrogens (tertiary/aromatic N) is 2. The molecule has 0 unspecified atom stereocenters. The van der Waals surface area contributed by atoms with E-state index in [-0.39, 0.29) is 0 Å². The lowest BCUT2D eigenvalue weighted by Crippen LogP contribution is -2.30. The van der Waals surface area contributed by atoms with Crippen molar-refractivity contribution in [1.29, 1.82) is 0 Å². The van der Waals surface area contributed by atoms with Gasteiger partial charge in [0.1, 0.15) is 3.70 Å². The molecule has 78 valence electrons. The van der Waals surface area contributed by atoms with Crippen molar-refractivity contribution in [2.45, 2.75) is 13.3 Å². The van der Waals surface area contributed by atoms with Gasteiger partial charge in [-0.05, 0) is 41.1 Å². The fourth-order valence-electron chi connectivity index (χ4n) is 1.35. The Morgan fingerprint density at radius 3 is 2.71 bits per heavy atom. The first-order chi connectivity index (χ1) is 6.77. The lowest BCUT2D eigenvalue weighted by Gasteiger charge is -2.23. The topological polar surface area (TPSA) is 42.1 Å². The van der Waals surface area contributed by atoms with E-state index >= 15 is 0 Å². The number of pyridine rings is 1. The zero-order chi connectivity index (χ0) is 10.4. The molecule has 0 atom stereocenters. The molecule has 0 aromatic carbocycles. The zero-order valence-electron chi connectivity index (χ0n) is 8.41. The smallest absolute Gasteiger partial charge is 0.101 e. The predicted molar refractivity (Wildman–Crippen MR) is 68.5 cm³/mol. The van der Waals surface area contributed by atoms with E-state index in [0.29, 0.717) is 6.54 Å². The van der Waals surface area contributed by atoms with Crippen LogP contribution < -0.4 is 10.6 Å². The van der Waals surface area contributed by atoms with Crippen LogP contribution in [0, 0.1) is 3.70 Å². The first-order valence-corrected chi connectivity index (χ1v) is 5.92. The summed E-state index contributed by atoms with van der Waals surface area (Å²) in [5.74, 6) is 0. The third-order valence-corrected chi connectivity index (χ3v) is 2.61. The molecule has 1 aromatic rings. The summed E-state index contributed by atoms with van der Waals surface area (Å²) in [6.07, 6.45) is 3.04. The number of aromatic nitrogens is 1. The molecule has 0 radical (unpaired) electrons.